The Morgan fingerprint density at radius 1 is 1.10 bits per heavy atom. The van der Waals surface area contributed by atoms with Crippen LogP contribution >= 0.6 is 0 Å². The van der Waals surface area contributed by atoms with Crippen molar-refractivity contribution in [3.8, 4) is 5.75 Å². The van der Waals surface area contributed by atoms with E-state index in [4.69, 9.17) is 4.74 Å². The summed E-state index contributed by atoms with van der Waals surface area (Å²) in [6.45, 7) is 6.13. The second-order valence-electron chi connectivity index (χ2n) is 7.48. The predicted molar refractivity (Wildman–Crippen MR) is 110 cm³/mol. The first-order valence-corrected chi connectivity index (χ1v) is 10.1. The van der Waals surface area contributed by atoms with E-state index in [2.05, 4.69) is 9.88 Å². The number of para-hydroxylation sites is 2. The number of fused-ring (bicyclic) bond motifs is 1. The topological polar surface area (TPSA) is 66.0 Å². The van der Waals surface area contributed by atoms with Crippen LogP contribution in [0.2, 0.25) is 0 Å². The van der Waals surface area contributed by atoms with Crippen molar-refractivity contribution in [3.05, 3.63) is 54.4 Å². The molecular formula is C22H26N4O3. The van der Waals surface area contributed by atoms with Crippen molar-refractivity contribution < 1.29 is 14.3 Å². The molecule has 0 spiro atoms. The highest BCUT2D eigenvalue weighted by Crippen LogP contribution is 2.33. The number of pyridine rings is 1. The molecule has 0 bridgehead atoms. The smallest absolute Gasteiger partial charge is 0.267 e. The van der Waals surface area contributed by atoms with Crippen LogP contribution in [0.25, 0.3) is 0 Å². The third-order valence-corrected chi connectivity index (χ3v) is 5.50. The molecule has 2 aromatic rings. The molecule has 152 valence electrons. The number of rotatable bonds is 5. The van der Waals surface area contributed by atoms with Crippen molar-refractivity contribution >= 4 is 17.5 Å². The van der Waals surface area contributed by atoms with Gasteiger partial charge in [-0.3, -0.25) is 19.5 Å². The van der Waals surface area contributed by atoms with Gasteiger partial charge in [0.05, 0.1) is 5.69 Å². The van der Waals surface area contributed by atoms with Gasteiger partial charge in [0.1, 0.15) is 5.75 Å². The molecule has 2 aliphatic rings. The zero-order valence-electron chi connectivity index (χ0n) is 16.7. The van der Waals surface area contributed by atoms with Gasteiger partial charge in [0, 0.05) is 58.1 Å². The Balaban J connectivity index is 1.30. The molecule has 1 atom stereocenters. The Bertz CT molecular complexity index is 865. The molecule has 1 aromatic carbocycles. The van der Waals surface area contributed by atoms with Crippen LogP contribution in [0, 0.1) is 0 Å². The summed E-state index contributed by atoms with van der Waals surface area (Å²) in [4.78, 5) is 35.3. The van der Waals surface area contributed by atoms with Crippen LogP contribution < -0.4 is 9.64 Å². The molecule has 1 unspecified atom stereocenters. The normalized spacial score (nSPS) is 19.6. The van der Waals surface area contributed by atoms with Crippen LogP contribution in [0.5, 0.6) is 5.75 Å². The fourth-order valence-electron chi connectivity index (χ4n) is 3.86. The second kappa shape index (κ2) is 8.61. The summed E-state index contributed by atoms with van der Waals surface area (Å²) in [5, 5.41) is 0. The molecule has 0 saturated carbocycles. The average Bonchev–Trinajstić information content (AvgIpc) is 2.75. The number of carbonyl (C=O) groups is 2. The maximum atomic E-state index is 12.7. The third kappa shape index (κ3) is 4.40. The molecule has 7 nitrogen and oxygen atoms in total. The van der Waals surface area contributed by atoms with Crippen LogP contribution in [0.3, 0.4) is 0 Å². The molecule has 3 heterocycles. The van der Waals surface area contributed by atoms with Gasteiger partial charge >= 0.3 is 0 Å². The number of hydrogen-bond acceptors (Lipinski definition) is 5. The lowest BCUT2D eigenvalue weighted by Crippen LogP contribution is -2.50. The lowest BCUT2D eigenvalue weighted by atomic mass is 10.1. The number of nitrogens with zero attached hydrogens (tertiary/aromatic N) is 4. The molecule has 1 aromatic heterocycles. The van der Waals surface area contributed by atoms with Crippen molar-refractivity contribution in [1.29, 1.82) is 0 Å². The summed E-state index contributed by atoms with van der Waals surface area (Å²) in [6.07, 6.45) is 3.40. The molecule has 1 fully saturated rings. The van der Waals surface area contributed by atoms with Crippen LogP contribution in [0.15, 0.2) is 48.8 Å². The fraction of sp³-hybridized carbons (Fsp3) is 0.409. The summed E-state index contributed by atoms with van der Waals surface area (Å²) in [5.74, 6) is 0.688. The molecule has 29 heavy (non-hydrogen) atoms. The number of hydrogen-bond donors (Lipinski definition) is 0. The monoisotopic (exact) mass is 394 g/mol. The van der Waals surface area contributed by atoms with Crippen molar-refractivity contribution in [3.63, 3.8) is 0 Å². The van der Waals surface area contributed by atoms with Gasteiger partial charge in [0.15, 0.2) is 6.10 Å². The van der Waals surface area contributed by atoms with E-state index >= 15 is 0 Å². The second-order valence-corrected chi connectivity index (χ2v) is 7.48. The lowest BCUT2D eigenvalue weighted by Gasteiger charge is -2.36. The van der Waals surface area contributed by atoms with E-state index in [0.717, 1.165) is 25.3 Å². The molecule has 7 heteroatoms. The highest BCUT2D eigenvalue weighted by molar-refractivity contribution is 6.00. The van der Waals surface area contributed by atoms with Crippen molar-refractivity contribution in [2.75, 3.05) is 37.6 Å². The Kier molecular flexibility index (Phi) is 5.76. The number of anilines is 1. The number of amides is 2. The van der Waals surface area contributed by atoms with Crippen LogP contribution in [-0.2, 0) is 16.1 Å². The minimum Gasteiger partial charge on any atom is -0.479 e. The van der Waals surface area contributed by atoms with E-state index in [1.54, 1.807) is 24.2 Å². The summed E-state index contributed by atoms with van der Waals surface area (Å²) >= 11 is 0. The summed E-state index contributed by atoms with van der Waals surface area (Å²) in [7, 11) is 0. The van der Waals surface area contributed by atoms with Gasteiger partial charge in [-0.25, -0.2) is 0 Å². The van der Waals surface area contributed by atoms with E-state index in [1.807, 2.05) is 41.3 Å². The van der Waals surface area contributed by atoms with Crippen LogP contribution in [-0.4, -0.2) is 65.4 Å². The number of benzene rings is 1. The quantitative estimate of drug-likeness (QED) is 0.775. The summed E-state index contributed by atoms with van der Waals surface area (Å²) < 4.78 is 5.66. The Morgan fingerprint density at radius 3 is 2.59 bits per heavy atom. The zero-order valence-corrected chi connectivity index (χ0v) is 16.7. The lowest BCUT2D eigenvalue weighted by molar-refractivity contribution is -0.133. The van der Waals surface area contributed by atoms with Gasteiger partial charge in [0.25, 0.3) is 5.91 Å². The van der Waals surface area contributed by atoms with Gasteiger partial charge in [-0.2, -0.15) is 0 Å². The third-order valence-electron chi connectivity index (χ3n) is 5.50. The Hall–Kier alpha value is -2.93. The number of ether oxygens (including phenoxy) is 1. The Morgan fingerprint density at radius 2 is 1.83 bits per heavy atom. The van der Waals surface area contributed by atoms with Crippen molar-refractivity contribution in [2.45, 2.75) is 26.0 Å². The molecule has 0 aliphatic carbocycles. The van der Waals surface area contributed by atoms with Gasteiger partial charge in [-0.05, 0) is 36.8 Å². The van der Waals surface area contributed by atoms with Gasteiger partial charge in [-0.1, -0.05) is 12.1 Å². The number of carbonyl (C=O) groups excluding carboxylic acids is 2. The number of aromatic nitrogens is 1. The molecule has 0 N–H and O–H groups in total. The standard InChI is InChI=1S/C22H26N4O3/c1-17-22(28)26(19-4-2-3-5-20(19)29-17)11-8-21(27)25-14-12-24(13-15-25)16-18-6-9-23-10-7-18/h2-7,9-10,17H,8,11-16H2,1H3. The summed E-state index contributed by atoms with van der Waals surface area (Å²) in [6, 6.07) is 11.5. The minimum absolute atomic E-state index is 0.0954. The minimum atomic E-state index is -0.531. The van der Waals surface area contributed by atoms with Gasteiger partial charge in [0.2, 0.25) is 5.91 Å². The SMILES string of the molecule is CC1Oc2ccccc2N(CCC(=O)N2CCN(Cc3ccncc3)CC2)C1=O. The maximum absolute atomic E-state index is 12.7. The van der Waals surface area contributed by atoms with E-state index in [1.165, 1.54) is 5.56 Å². The molecule has 1 saturated heterocycles. The van der Waals surface area contributed by atoms with Crippen molar-refractivity contribution in [1.82, 2.24) is 14.8 Å². The molecule has 4 rings (SSSR count). The highest BCUT2D eigenvalue weighted by Gasteiger charge is 2.32. The largest absolute Gasteiger partial charge is 0.479 e. The first-order chi connectivity index (χ1) is 14.1. The molecule has 0 radical (unpaired) electrons. The van der Waals surface area contributed by atoms with Gasteiger partial charge in [-0.15, -0.1) is 0 Å². The summed E-state index contributed by atoms with van der Waals surface area (Å²) in [5.41, 5.74) is 1.98. The molecule has 2 amide bonds. The number of piperazine rings is 1. The zero-order chi connectivity index (χ0) is 20.2. The van der Waals surface area contributed by atoms with E-state index in [-0.39, 0.29) is 11.8 Å². The van der Waals surface area contributed by atoms with E-state index < -0.39 is 6.10 Å². The highest BCUT2D eigenvalue weighted by atomic mass is 16.5. The van der Waals surface area contributed by atoms with Crippen LogP contribution in [0.4, 0.5) is 5.69 Å². The maximum Gasteiger partial charge on any atom is 0.267 e. The van der Waals surface area contributed by atoms with E-state index in [9.17, 15) is 9.59 Å². The molecule has 2 aliphatic heterocycles. The predicted octanol–water partition coefficient (Wildman–Crippen LogP) is 1.93. The first-order valence-electron chi connectivity index (χ1n) is 10.1. The van der Waals surface area contributed by atoms with E-state index in [0.29, 0.717) is 31.8 Å². The molecular weight excluding hydrogens is 368 g/mol. The Labute approximate surface area is 170 Å². The van der Waals surface area contributed by atoms with Gasteiger partial charge < -0.3 is 14.5 Å². The average molecular weight is 394 g/mol. The first kappa shape index (κ1) is 19.4. The fourth-order valence-corrected chi connectivity index (χ4v) is 3.86. The van der Waals surface area contributed by atoms with Crippen LogP contribution in [0.1, 0.15) is 18.9 Å². The van der Waals surface area contributed by atoms with Crippen molar-refractivity contribution in [2.24, 2.45) is 0 Å².